The minimum absolute atomic E-state index is 0.0197. The van der Waals surface area contributed by atoms with Gasteiger partial charge in [-0.05, 0) is 56.1 Å². The van der Waals surface area contributed by atoms with E-state index in [0.717, 1.165) is 28.6 Å². The lowest BCUT2D eigenvalue weighted by molar-refractivity contribution is -0.137. The second-order valence-corrected chi connectivity index (χ2v) is 9.17. The Balaban J connectivity index is 1.68. The van der Waals surface area contributed by atoms with Crippen molar-refractivity contribution in [3.05, 3.63) is 64.6 Å². The van der Waals surface area contributed by atoms with E-state index in [4.69, 9.17) is 4.74 Å². The third kappa shape index (κ3) is 5.49. The van der Waals surface area contributed by atoms with Gasteiger partial charge in [0.05, 0.1) is 19.1 Å². The average Bonchev–Trinajstić information content (AvgIpc) is 3.22. The van der Waals surface area contributed by atoms with E-state index in [9.17, 15) is 14.3 Å². The van der Waals surface area contributed by atoms with E-state index in [1.807, 2.05) is 42.0 Å². The first-order chi connectivity index (χ1) is 16.9. The first kappa shape index (κ1) is 25.1. The number of likely N-dealkylation sites (N-methyl/N-ethyl adjacent to an activating group) is 1. The van der Waals surface area contributed by atoms with Crippen LogP contribution in [0.1, 0.15) is 41.3 Å². The van der Waals surface area contributed by atoms with Crippen molar-refractivity contribution in [2.75, 3.05) is 46.5 Å². The molecule has 2 aromatic carbocycles. The minimum Gasteiger partial charge on any atom is -0.492 e. The van der Waals surface area contributed by atoms with Gasteiger partial charge in [-0.1, -0.05) is 18.2 Å². The topological polar surface area (TPSA) is 68.8 Å². The molecule has 1 aliphatic heterocycles. The lowest BCUT2D eigenvalue weighted by Crippen LogP contribution is -2.38. The van der Waals surface area contributed by atoms with Gasteiger partial charge in [-0.15, -0.1) is 0 Å². The number of carboxylic acid groups (broad SMARTS) is 1. The van der Waals surface area contributed by atoms with Crippen LogP contribution in [0.15, 0.2) is 36.4 Å². The van der Waals surface area contributed by atoms with Crippen molar-refractivity contribution in [1.82, 2.24) is 14.8 Å². The van der Waals surface area contributed by atoms with Gasteiger partial charge in [0, 0.05) is 48.3 Å². The summed E-state index contributed by atoms with van der Waals surface area (Å²) in [4.78, 5) is 18.9. The molecule has 0 bridgehead atoms. The van der Waals surface area contributed by atoms with Gasteiger partial charge in [0.15, 0.2) is 0 Å². The van der Waals surface area contributed by atoms with Crippen LogP contribution in [0.5, 0.6) is 5.75 Å². The van der Waals surface area contributed by atoms with Gasteiger partial charge < -0.3 is 19.7 Å². The smallest absolute Gasteiger partial charge is 0.304 e. The van der Waals surface area contributed by atoms with Crippen LogP contribution >= 0.6 is 0 Å². The van der Waals surface area contributed by atoms with Gasteiger partial charge >= 0.3 is 5.97 Å². The average molecular weight is 486 g/mol. The molecule has 0 fully saturated rings. The van der Waals surface area contributed by atoms with Crippen molar-refractivity contribution in [2.24, 2.45) is 0 Å². The first-order valence-electron chi connectivity index (χ1n) is 12.1. The summed E-state index contributed by atoms with van der Waals surface area (Å²) in [7, 11) is 1.92. The van der Waals surface area contributed by atoms with Crippen LogP contribution in [0.3, 0.4) is 0 Å². The number of para-hydroxylation sites is 1. The number of aromatic amines is 1. The highest BCUT2D eigenvalue weighted by molar-refractivity contribution is 5.85. The van der Waals surface area contributed by atoms with Crippen LogP contribution in [0, 0.1) is 12.7 Å². The molecule has 1 unspecified atom stereocenters. The molecule has 3 aromatic rings. The Bertz CT molecular complexity index is 1180. The van der Waals surface area contributed by atoms with Gasteiger partial charge in [-0.3, -0.25) is 14.1 Å². The van der Waals surface area contributed by atoms with E-state index in [2.05, 4.69) is 11.1 Å². The first-order valence-corrected chi connectivity index (χ1v) is 12.1. The van der Waals surface area contributed by atoms with Gasteiger partial charge in [-0.2, -0.15) is 0 Å². The van der Waals surface area contributed by atoms with E-state index < -0.39 is 12.0 Å². The number of nitrogens with zero attached hydrogens (tertiary/aromatic N) is 2. The summed E-state index contributed by atoms with van der Waals surface area (Å²) in [5.41, 5.74) is 4.26. The quantitative estimate of drug-likeness (QED) is 0.412. The number of H-pyrrole nitrogens is 1. The van der Waals surface area contributed by atoms with Crippen LogP contribution in [-0.4, -0.2) is 72.4 Å². The van der Waals surface area contributed by atoms with E-state index in [-0.39, 0.29) is 18.9 Å². The molecule has 6 nitrogen and oxygen atoms in total. The minimum atomic E-state index is -0.877. The highest BCUT2D eigenvalue weighted by Crippen LogP contribution is 2.42. The maximum absolute atomic E-state index is 15.5. The van der Waals surface area contributed by atoms with Crippen molar-refractivity contribution in [1.29, 1.82) is 0 Å². The lowest BCUT2D eigenvalue weighted by atomic mass is 9.89. The molecule has 0 saturated heterocycles. The molecule has 1 aromatic heterocycles. The Morgan fingerprint density at radius 3 is 2.83 bits per heavy atom. The molecule has 0 amide bonds. The zero-order chi connectivity index (χ0) is 24.9. The van der Waals surface area contributed by atoms with Gasteiger partial charge in [0.25, 0.3) is 0 Å². The van der Waals surface area contributed by atoms with Gasteiger partial charge in [0.1, 0.15) is 18.2 Å². The van der Waals surface area contributed by atoms with Crippen molar-refractivity contribution in [3.63, 3.8) is 0 Å². The van der Waals surface area contributed by atoms with Gasteiger partial charge in [0.2, 0.25) is 0 Å². The van der Waals surface area contributed by atoms with Crippen LogP contribution < -0.4 is 4.74 Å². The highest BCUT2D eigenvalue weighted by atomic mass is 19.1. The zero-order valence-corrected chi connectivity index (χ0v) is 20.3. The Morgan fingerprint density at radius 2 is 2.06 bits per heavy atom. The number of carboxylic acids is 1. The molecule has 0 radical (unpaired) electrons. The molecule has 8 heteroatoms. The monoisotopic (exact) mass is 485 g/mol. The number of halogens is 2. The second-order valence-electron chi connectivity index (χ2n) is 9.17. The normalized spacial score (nSPS) is 16.1. The van der Waals surface area contributed by atoms with Crippen molar-refractivity contribution < 1.29 is 23.4 Å². The maximum atomic E-state index is 15.5. The maximum Gasteiger partial charge on any atom is 0.304 e. The molecule has 1 atom stereocenters. The number of carbonyl (C=O) groups is 1. The fourth-order valence-corrected chi connectivity index (χ4v) is 5.02. The SMILES string of the molecule is Cc1c(OCCN(C)CCCF)ccc(F)c1C1c2[nH]c3ccccc3c2CCN1CCC(=O)O. The summed E-state index contributed by atoms with van der Waals surface area (Å²) in [6.45, 7) is 4.14. The number of hydrogen-bond acceptors (Lipinski definition) is 4. The predicted molar refractivity (Wildman–Crippen MR) is 132 cm³/mol. The Hall–Kier alpha value is -2.97. The molecule has 0 spiro atoms. The molecule has 188 valence electrons. The van der Waals surface area contributed by atoms with Crippen LogP contribution in [0.2, 0.25) is 0 Å². The Kier molecular flexibility index (Phi) is 8.03. The number of benzene rings is 2. The van der Waals surface area contributed by atoms with E-state index >= 15 is 4.39 Å². The number of aromatic nitrogens is 1. The van der Waals surface area contributed by atoms with E-state index in [0.29, 0.717) is 56.1 Å². The fourth-order valence-electron chi connectivity index (χ4n) is 5.02. The van der Waals surface area contributed by atoms with Gasteiger partial charge in [-0.25, -0.2) is 4.39 Å². The number of aliphatic carboxylic acids is 1. The van der Waals surface area contributed by atoms with Crippen LogP contribution in [-0.2, 0) is 11.2 Å². The Labute approximate surface area is 204 Å². The molecule has 0 aliphatic carbocycles. The molecular weight excluding hydrogens is 452 g/mol. The van der Waals surface area contributed by atoms with E-state index in [1.54, 1.807) is 6.07 Å². The largest absolute Gasteiger partial charge is 0.492 e. The molecule has 4 rings (SSSR count). The van der Waals surface area contributed by atoms with Crippen LogP contribution in [0.25, 0.3) is 10.9 Å². The molecule has 35 heavy (non-hydrogen) atoms. The number of rotatable bonds is 11. The summed E-state index contributed by atoms with van der Waals surface area (Å²) in [6.07, 6.45) is 1.22. The lowest BCUT2D eigenvalue weighted by Gasteiger charge is -2.37. The third-order valence-electron chi connectivity index (χ3n) is 6.84. The summed E-state index contributed by atoms with van der Waals surface area (Å²) in [5.74, 6) is -0.620. The number of nitrogens with one attached hydrogen (secondary N) is 1. The molecule has 0 saturated carbocycles. The summed E-state index contributed by atoms with van der Waals surface area (Å²) >= 11 is 0. The molecule has 1 aliphatic rings. The number of alkyl halides is 1. The van der Waals surface area contributed by atoms with E-state index in [1.165, 1.54) is 6.07 Å². The molecule has 2 heterocycles. The standard InChI is InChI=1S/C27H33F2N3O3/c1-18-23(35-17-16-31(2)13-5-12-28)9-8-21(29)25(18)27-26-20(10-14-32(27)15-11-24(33)34)19-6-3-4-7-22(19)30-26/h3-4,6-9,27,30H,5,10-17H2,1-2H3,(H,33,34). The highest BCUT2D eigenvalue weighted by Gasteiger charge is 2.35. The van der Waals surface area contributed by atoms with Crippen molar-refractivity contribution in [2.45, 2.75) is 32.2 Å². The zero-order valence-electron chi connectivity index (χ0n) is 20.3. The second kappa shape index (κ2) is 11.2. The van der Waals surface area contributed by atoms with Crippen molar-refractivity contribution >= 4 is 16.9 Å². The fraction of sp³-hybridized carbons (Fsp3) is 0.444. The molecular formula is C27H33F2N3O3. The summed E-state index contributed by atoms with van der Waals surface area (Å²) < 4.78 is 33.9. The third-order valence-corrected chi connectivity index (χ3v) is 6.84. The number of ether oxygens (including phenoxy) is 1. The molecule has 2 N–H and O–H groups in total. The van der Waals surface area contributed by atoms with Crippen LogP contribution in [0.4, 0.5) is 8.78 Å². The predicted octanol–water partition coefficient (Wildman–Crippen LogP) is 4.71. The van der Waals surface area contributed by atoms with Crippen molar-refractivity contribution in [3.8, 4) is 5.75 Å². The summed E-state index contributed by atoms with van der Waals surface area (Å²) in [6, 6.07) is 10.7. The summed E-state index contributed by atoms with van der Waals surface area (Å²) in [5, 5.41) is 10.4. The number of hydrogen-bond donors (Lipinski definition) is 2. The number of fused-ring (bicyclic) bond motifs is 3. The Morgan fingerprint density at radius 1 is 1.26 bits per heavy atom.